The minimum Gasteiger partial charge on any atom is -0.479 e. The van der Waals surface area contributed by atoms with Crippen LogP contribution in [0, 0.1) is 0 Å². The molecule has 1 N–H and O–H groups in total. The maximum atomic E-state index is 13.1. The number of nitrogens with one attached hydrogen (secondary N) is 1. The van der Waals surface area contributed by atoms with Gasteiger partial charge in [-0.1, -0.05) is 18.2 Å². The van der Waals surface area contributed by atoms with Crippen molar-refractivity contribution in [3.05, 3.63) is 60.4 Å². The van der Waals surface area contributed by atoms with Crippen molar-refractivity contribution in [3.63, 3.8) is 0 Å². The number of hydrogen-bond acceptors (Lipinski definition) is 6. The molecule has 8 heteroatoms. The Labute approximate surface area is 146 Å². The SMILES string of the molecule is CNCc1cc(S(=O)(=O)c2ccccc2)n(-c2cccnc2OC)n1. The second-order valence-electron chi connectivity index (χ2n) is 5.26. The van der Waals surface area contributed by atoms with Crippen molar-refractivity contribution < 1.29 is 13.2 Å². The second kappa shape index (κ2) is 7.04. The zero-order valence-electron chi connectivity index (χ0n) is 13.9. The normalized spacial score (nSPS) is 11.4. The predicted octanol–water partition coefficient (Wildman–Crippen LogP) is 1.83. The summed E-state index contributed by atoms with van der Waals surface area (Å²) in [4.78, 5) is 4.33. The molecule has 0 aliphatic heterocycles. The van der Waals surface area contributed by atoms with E-state index in [0.29, 0.717) is 23.8 Å². The average molecular weight is 358 g/mol. The molecule has 130 valence electrons. The fourth-order valence-corrected chi connectivity index (χ4v) is 3.88. The van der Waals surface area contributed by atoms with Gasteiger partial charge in [0.05, 0.1) is 17.7 Å². The van der Waals surface area contributed by atoms with Gasteiger partial charge in [0.2, 0.25) is 15.7 Å². The molecule has 0 aliphatic carbocycles. The molecular formula is C17H18N4O3S. The first kappa shape index (κ1) is 17.1. The molecule has 2 aromatic heterocycles. The zero-order valence-corrected chi connectivity index (χ0v) is 14.7. The summed E-state index contributed by atoms with van der Waals surface area (Å²) in [6.07, 6.45) is 1.58. The summed E-state index contributed by atoms with van der Waals surface area (Å²) >= 11 is 0. The van der Waals surface area contributed by atoms with Crippen LogP contribution in [-0.4, -0.2) is 37.3 Å². The largest absolute Gasteiger partial charge is 0.479 e. The Bertz CT molecular complexity index is 969. The topological polar surface area (TPSA) is 86.1 Å². The van der Waals surface area contributed by atoms with Gasteiger partial charge < -0.3 is 10.1 Å². The molecule has 0 saturated carbocycles. The van der Waals surface area contributed by atoms with Gasteiger partial charge in [-0.05, 0) is 31.3 Å². The summed E-state index contributed by atoms with van der Waals surface area (Å²) in [5, 5.41) is 7.47. The van der Waals surface area contributed by atoms with E-state index in [9.17, 15) is 8.42 Å². The van der Waals surface area contributed by atoms with E-state index in [1.54, 1.807) is 61.8 Å². The zero-order chi connectivity index (χ0) is 17.9. The van der Waals surface area contributed by atoms with Gasteiger partial charge in [0.25, 0.3) is 0 Å². The Kier molecular flexibility index (Phi) is 4.82. The van der Waals surface area contributed by atoms with Crippen molar-refractivity contribution in [2.45, 2.75) is 16.5 Å². The summed E-state index contributed by atoms with van der Waals surface area (Å²) in [6.45, 7) is 0.437. The molecular weight excluding hydrogens is 340 g/mol. The molecule has 25 heavy (non-hydrogen) atoms. The Morgan fingerprint density at radius 2 is 1.92 bits per heavy atom. The maximum absolute atomic E-state index is 13.1. The number of rotatable bonds is 6. The summed E-state index contributed by atoms with van der Waals surface area (Å²) < 4.78 is 32.8. The predicted molar refractivity (Wildman–Crippen MR) is 92.6 cm³/mol. The van der Waals surface area contributed by atoms with Crippen LogP contribution in [0.1, 0.15) is 5.69 Å². The van der Waals surface area contributed by atoms with Gasteiger partial charge in [0.15, 0.2) is 5.03 Å². The average Bonchev–Trinajstić information content (AvgIpc) is 3.07. The van der Waals surface area contributed by atoms with E-state index in [-0.39, 0.29) is 9.92 Å². The monoisotopic (exact) mass is 358 g/mol. The van der Waals surface area contributed by atoms with Crippen LogP contribution in [0.5, 0.6) is 5.88 Å². The lowest BCUT2D eigenvalue weighted by molar-refractivity contribution is 0.393. The van der Waals surface area contributed by atoms with Crippen molar-refractivity contribution in [1.29, 1.82) is 0 Å². The Morgan fingerprint density at radius 1 is 1.16 bits per heavy atom. The molecule has 0 saturated heterocycles. The van der Waals surface area contributed by atoms with Crippen LogP contribution in [0.25, 0.3) is 5.69 Å². The Hall–Kier alpha value is -2.71. The van der Waals surface area contributed by atoms with Gasteiger partial charge in [0.1, 0.15) is 5.69 Å². The van der Waals surface area contributed by atoms with Crippen molar-refractivity contribution in [2.75, 3.05) is 14.2 Å². The Balaban J connectivity index is 2.23. The van der Waals surface area contributed by atoms with Gasteiger partial charge in [-0.25, -0.2) is 18.1 Å². The van der Waals surface area contributed by atoms with Crippen LogP contribution in [0.4, 0.5) is 0 Å². The maximum Gasteiger partial charge on any atom is 0.239 e. The van der Waals surface area contributed by atoms with E-state index in [2.05, 4.69) is 15.4 Å². The second-order valence-corrected chi connectivity index (χ2v) is 7.16. The van der Waals surface area contributed by atoms with E-state index in [1.807, 2.05) is 0 Å². The van der Waals surface area contributed by atoms with Crippen LogP contribution in [0.3, 0.4) is 0 Å². The third kappa shape index (κ3) is 3.26. The van der Waals surface area contributed by atoms with Crippen LogP contribution < -0.4 is 10.1 Å². The number of aromatic nitrogens is 3. The van der Waals surface area contributed by atoms with Gasteiger partial charge >= 0.3 is 0 Å². The van der Waals surface area contributed by atoms with Crippen molar-refractivity contribution in [1.82, 2.24) is 20.1 Å². The number of methoxy groups -OCH3 is 1. The molecule has 0 fully saturated rings. The van der Waals surface area contributed by atoms with Gasteiger partial charge in [-0.2, -0.15) is 5.10 Å². The molecule has 0 aliphatic rings. The first-order valence-corrected chi connectivity index (χ1v) is 9.09. The first-order chi connectivity index (χ1) is 12.1. The van der Waals surface area contributed by atoms with Crippen LogP contribution >= 0.6 is 0 Å². The standard InChI is InChI=1S/C17H18N4O3S/c1-18-12-13-11-16(25(22,23)14-7-4-3-5-8-14)21(20-13)15-9-6-10-19-17(15)24-2/h3-11,18H,12H2,1-2H3. The highest BCUT2D eigenvalue weighted by molar-refractivity contribution is 7.91. The number of benzene rings is 1. The van der Waals surface area contributed by atoms with Gasteiger partial charge in [-0.15, -0.1) is 0 Å². The van der Waals surface area contributed by atoms with E-state index < -0.39 is 9.84 Å². The lowest BCUT2D eigenvalue weighted by atomic mass is 10.4. The van der Waals surface area contributed by atoms with Crippen molar-refractivity contribution >= 4 is 9.84 Å². The van der Waals surface area contributed by atoms with Crippen molar-refractivity contribution in [2.24, 2.45) is 0 Å². The summed E-state index contributed by atoms with van der Waals surface area (Å²) in [7, 11) is -0.497. The lowest BCUT2D eigenvalue weighted by Gasteiger charge is -2.11. The minimum atomic E-state index is -3.75. The third-order valence-electron chi connectivity index (χ3n) is 3.59. The number of hydrogen-bond donors (Lipinski definition) is 1. The molecule has 1 aromatic carbocycles. The molecule has 0 bridgehead atoms. The van der Waals surface area contributed by atoms with E-state index in [0.717, 1.165) is 0 Å². The van der Waals surface area contributed by atoms with E-state index in [4.69, 9.17) is 4.74 Å². The lowest BCUT2D eigenvalue weighted by Crippen LogP contribution is -2.11. The highest BCUT2D eigenvalue weighted by atomic mass is 32.2. The first-order valence-electron chi connectivity index (χ1n) is 7.61. The van der Waals surface area contributed by atoms with Crippen LogP contribution in [0.15, 0.2) is 64.6 Å². The number of pyridine rings is 1. The molecule has 0 spiro atoms. The summed E-state index contributed by atoms with van der Waals surface area (Å²) in [5.74, 6) is 0.297. The Morgan fingerprint density at radius 3 is 2.60 bits per heavy atom. The van der Waals surface area contributed by atoms with E-state index >= 15 is 0 Å². The quantitative estimate of drug-likeness (QED) is 0.723. The van der Waals surface area contributed by atoms with Crippen molar-refractivity contribution in [3.8, 4) is 11.6 Å². The van der Waals surface area contributed by atoms with Gasteiger partial charge in [-0.3, -0.25) is 0 Å². The molecule has 0 amide bonds. The molecule has 0 unspecified atom stereocenters. The number of sulfone groups is 1. The minimum absolute atomic E-state index is 0.0650. The molecule has 2 heterocycles. The van der Waals surface area contributed by atoms with E-state index in [1.165, 1.54) is 11.8 Å². The number of ether oxygens (including phenoxy) is 1. The smallest absolute Gasteiger partial charge is 0.239 e. The molecule has 3 rings (SSSR count). The molecule has 0 atom stereocenters. The fourth-order valence-electron chi connectivity index (χ4n) is 2.46. The summed E-state index contributed by atoms with van der Waals surface area (Å²) in [5.41, 5.74) is 1.06. The number of nitrogens with zero attached hydrogens (tertiary/aromatic N) is 3. The molecule has 0 radical (unpaired) electrons. The fraction of sp³-hybridized carbons (Fsp3) is 0.176. The highest BCUT2D eigenvalue weighted by Crippen LogP contribution is 2.27. The van der Waals surface area contributed by atoms with Crippen LogP contribution in [0.2, 0.25) is 0 Å². The summed E-state index contributed by atoms with van der Waals surface area (Å²) in [6, 6.07) is 13.2. The molecule has 7 nitrogen and oxygen atoms in total. The highest BCUT2D eigenvalue weighted by Gasteiger charge is 2.26. The van der Waals surface area contributed by atoms with Gasteiger partial charge in [0, 0.05) is 18.8 Å². The molecule has 3 aromatic rings. The third-order valence-corrected chi connectivity index (χ3v) is 5.32. The van der Waals surface area contributed by atoms with Crippen LogP contribution in [-0.2, 0) is 16.4 Å².